The number of nitrogens with one attached hydrogen (secondary N) is 1. The molecule has 0 heterocycles. The van der Waals surface area contributed by atoms with Gasteiger partial charge in [0, 0.05) is 12.1 Å². The summed E-state index contributed by atoms with van der Waals surface area (Å²) in [5.41, 5.74) is 7.18. The molecule has 2 atom stereocenters. The number of anilines is 1. The lowest BCUT2D eigenvalue weighted by Gasteiger charge is -2.19. The van der Waals surface area contributed by atoms with Crippen LogP contribution in [-0.2, 0) is 0 Å². The Bertz CT molecular complexity index is 707. The van der Waals surface area contributed by atoms with Crippen LogP contribution in [0.1, 0.15) is 35.4 Å². The first-order chi connectivity index (χ1) is 11.4. The van der Waals surface area contributed by atoms with Gasteiger partial charge in [0.15, 0.2) is 0 Å². The second kappa shape index (κ2) is 8.04. The highest BCUT2D eigenvalue weighted by Gasteiger charge is 2.19. The van der Waals surface area contributed by atoms with Gasteiger partial charge >= 0.3 is 0 Å². The molecule has 2 aromatic carbocycles. The highest BCUT2D eigenvalue weighted by atomic mass is 35.5. The number of methoxy groups -OCH3 is 1. The molecule has 24 heavy (non-hydrogen) atoms. The van der Waals surface area contributed by atoms with E-state index < -0.39 is 6.10 Å². The Balaban J connectivity index is 2.05. The van der Waals surface area contributed by atoms with Crippen LogP contribution in [0, 0.1) is 0 Å². The maximum atomic E-state index is 12.4. The van der Waals surface area contributed by atoms with Crippen molar-refractivity contribution in [3.05, 3.63) is 58.6 Å². The number of ether oxygens (including phenoxy) is 1. The van der Waals surface area contributed by atoms with Crippen molar-refractivity contribution in [3.8, 4) is 5.75 Å². The Kier molecular flexibility index (Phi) is 6.06. The van der Waals surface area contributed by atoms with Crippen LogP contribution < -0.4 is 15.8 Å². The van der Waals surface area contributed by atoms with E-state index in [0.717, 1.165) is 5.56 Å². The van der Waals surface area contributed by atoms with Crippen LogP contribution in [0.4, 0.5) is 5.69 Å². The first-order valence-corrected chi connectivity index (χ1v) is 7.97. The quantitative estimate of drug-likeness (QED) is 0.700. The number of hydrogen-bond acceptors (Lipinski definition) is 4. The van der Waals surface area contributed by atoms with E-state index >= 15 is 0 Å². The number of aliphatic hydroxyl groups is 1. The van der Waals surface area contributed by atoms with E-state index in [1.165, 1.54) is 19.2 Å². The zero-order chi connectivity index (χ0) is 17.7. The smallest absolute Gasteiger partial charge is 0.255 e. The Labute approximate surface area is 146 Å². The molecule has 2 unspecified atom stereocenters. The van der Waals surface area contributed by atoms with Crippen molar-refractivity contribution in [2.45, 2.75) is 25.5 Å². The molecular weight excluding hydrogens is 328 g/mol. The SMILES string of the molecule is COc1cc(N)c(Cl)cc1C(=O)NC(C)CC(O)c1ccccc1. The van der Waals surface area contributed by atoms with Gasteiger partial charge in [0.05, 0.1) is 29.5 Å². The number of amides is 1. The van der Waals surface area contributed by atoms with E-state index in [9.17, 15) is 9.90 Å². The molecule has 0 aliphatic rings. The summed E-state index contributed by atoms with van der Waals surface area (Å²) in [7, 11) is 1.46. The fourth-order valence-electron chi connectivity index (χ4n) is 2.42. The molecule has 0 bridgehead atoms. The highest BCUT2D eigenvalue weighted by Crippen LogP contribution is 2.29. The lowest BCUT2D eigenvalue weighted by molar-refractivity contribution is 0.0914. The van der Waals surface area contributed by atoms with Gasteiger partial charge < -0.3 is 20.9 Å². The van der Waals surface area contributed by atoms with Crippen LogP contribution in [0.15, 0.2) is 42.5 Å². The van der Waals surface area contributed by atoms with E-state index in [1.807, 2.05) is 37.3 Å². The second-order valence-corrected chi connectivity index (χ2v) is 6.02. The van der Waals surface area contributed by atoms with Crippen molar-refractivity contribution in [3.63, 3.8) is 0 Å². The van der Waals surface area contributed by atoms with E-state index in [1.54, 1.807) is 0 Å². The monoisotopic (exact) mass is 348 g/mol. The van der Waals surface area contributed by atoms with Gasteiger partial charge in [-0.2, -0.15) is 0 Å². The third-order valence-electron chi connectivity index (χ3n) is 3.70. The number of aliphatic hydroxyl groups excluding tert-OH is 1. The predicted octanol–water partition coefficient (Wildman–Crippen LogP) is 3.17. The second-order valence-electron chi connectivity index (χ2n) is 5.61. The molecular formula is C18H21ClN2O3. The van der Waals surface area contributed by atoms with Crippen molar-refractivity contribution < 1.29 is 14.6 Å². The number of hydrogen-bond donors (Lipinski definition) is 3. The van der Waals surface area contributed by atoms with E-state index in [4.69, 9.17) is 22.1 Å². The van der Waals surface area contributed by atoms with Gasteiger partial charge in [0.25, 0.3) is 5.91 Å². The normalized spacial score (nSPS) is 13.2. The topological polar surface area (TPSA) is 84.6 Å². The molecule has 0 aliphatic heterocycles. The number of carbonyl (C=O) groups is 1. The summed E-state index contributed by atoms with van der Waals surface area (Å²) >= 11 is 5.99. The minimum atomic E-state index is -0.654. The van der Waals surface area contributed by atoms with Crippen LogP contribution >= 0.6 is 11.6 Å². The summed E-state index contributed by atoms with van der Waals surface area (Å²) in [6.07, 6.45) is -0.265. The molecule has 4 N–H and O–H groups in total. The van der Waals surface area contributed by atoms with Gasteiger partial charge in [-0.3, -0.25) is 4.79 Å². The number of benzene rings is 2. The van der Waals surface area contributed by atoms with Gasteiger partial charge in [-0.05, 0) is 25.0 Å². The summed E-state index contributed by atoms with van der Waals surface area (Å²) in [5.74, 6) is 0.0201. The van der Waals surface area contributed by atoms with Crippen molar-refractivity contribution in [2.75, 3.05) is 12.8 Å². The minimum Gasteiger partial charge on any atom is -0.496 e. The summed E-state index contributed by atoms with van der Waals surface area (Å²) in [5, 5.41) is 13.4. The van der Waals surface area contributed by atoms with E-state index in [0.29, 0.717) is 23.4 Å². The fraction of sp³-hybridized carbons (Fsp3) is 0.278. The Morgan fingerprint density at radius 2 is 2.00 bits per heavy atom. The molecule has 6 heteroatoms. The van der Waals surface area contributed by atoms with Crippen molar-refractivity contribution >= 4 is 23.2 Å². The molecule has 0 fully saturated rings. The molecule has 2 rings (SSSR count). The van der Waals surface area contributed by atoms with Crippen molar-refractivity contribution in [2.24, 2.45) is 0 Å². The third kappa shape index (κ3) is 4.40. The van der Waals surface area contributed by atoms with Gasteiger partial charge in [-0.25, -0.2) is 0 Å². The molecule has 0 radical (unpaired) electrons. The Hall–Kier alpha value is -2.24. The number of carbonyl (C=O) groups excluding carboxylic acids is 1. The molecule has 0 spiro atoms. The summed E-state index contributed by atoms with van der Waals surface area (Å²) < 4.78 is 5.19. The first kappa shape index (κ1) is 18.1. The van der Waals surface area contributed by atoms with Crippen LogP contribution in [-0.4, -0.2) is 24.2 Å². The predicted molar refractivity (Wildman–Crippen MR) is 95.4 cm³/mol. The number of halogens is 1. The molecule has 128 valence electrons. The molecule has 2 aromatic rings. The average molecular weight is 349 g/mol. The first-order valence-electron chi connectivity index (χ1n) is 7.59. The van der Waals surface area contributed by atoms with Crippen LogP contribution in [0.5, 0.6) is 5.75 Å². The maximum absolute atomic E-state index is 12.4. The lowest BCUT2D eigenvalue weighted by Crippen LogP contribution is -2.34. The minimum absolute atomic E-state index is 0.242. The van der Waals surface area contributed by atoms with Gasteiger partial charge in [0.2, 0.25) is 0 Å². The third-order valence-corrected chi connectivity index (χ3v) is 4.03. The molecule has 0 saturated carbocycles. The van der Waals surface area contributed by atoms with E-state index in [2.05, 4.69) is 5.32 Å². The summed E-state index contributed by atoms with van der Waals surface area (Å²) in [4.78, 5) is 12.4. The van der Waals surface area contributed by atoms with Crippen LogP contribution in [0.2, 0.25) is 5.02 Å². The highest BCUT2D eigenvalue weighted by molar-refractivity contribution is 6.33. The fourth-order valence-corrected chi connectivity index (χ4v) is 2.59. The molecule has 5 nitrogen and oxygen atoms in total. The Morgan fingerprint density at radius 1 is 1.33 bits per heavy atom. The van der Waals surface area contributed by atoms with Gasteiger partial charge in [-0.1, -0.05) is 41.9 Å². The maximum Gasteiger partial charge on any atom is 0.255 e. The number of nitrogen functional groups attached to an aromatic ring is 1. The largest absolute Gasteiger partial charge is 0.496 e. The number of nitrogens with two attached hydrogens (primary N) is 1. The van der Waals surface area contributed by atoms with Crippen molar-refractivity contribution in [1.82, 2.24) is 5.32 Å². The van der Waals surface area contributed by atoms with Crippen LogP contribution in [0.25, 0.3) is 0 Å². The molecule has 0 saturated heterocycles. The van der Waals surface area contributed by atoms with Gasteiger partial charge in [-0.15, -0.1) is 0 Å². The van der Waals surface area contributed by atoms with E-state index in [-0.39, 0.29) is 17.0 Å². The van der Waals surface area contributed by atoms with Crippen LogP contribution in [0.3, 0.4) is 0 Å². The standard InChI is InChI=1S/C18H21ClN2O3/c1-11(8-16(22)12-6-4-3-5-7-12)21-18(23)13-9-14(19)15(20)10-17(13)24-2/h3-7,9-11,16,22H,8,20H2,1-2H3,(H,21,23). The lowest BCUT2D eigenvalue weighted by atomic mass is 10.0. The summed E-state index contributed by atoms with van der Waals surface area (Å²) in [6.45, 7) is 1.83. The molecule has 1 amide bonds. The van der Waals surface area contributed by atoms with Gasteiger partial charge in [0.1, 0.15) is 5.75 Å². The number of rotatable bonds is 6. The van der Waals surface area contributed by atoms with Crippen molar-refractivity contribution in [1.29, 1.82) is 0 Å². The molecule has 0 aromatic heterocycles. The Morgan fingerprint density at radius 3 is 2.62 bits per heavy atom. The zero-order valence-electron chi connectivity index (χ0n) is 13.6. The average Bonchev–Trinajstić information content (AvgIpc) is 2.57. The zero-order valence-corrected chi connectivity index (χ0v) is 14.4. The summed E-state index contributed by atoms with van der Waals surface area (Å²) in [6, 6.07) is 12.1. The molecule has 0 aliphatic carbocycles.